The topological polar surface area (TPSA) is 67.5 Å². The van der Waals surface area contributed by atoms with Crippen molar-refractivity contribution in [3.63, 3.8) is 0 Å². The van der Waals surface area contributed by atoms with Gasteiger partial charge in [0, 0.05) is 32.2 Å². The van der Waals surface area contributed by atoms with Crippen molar-refractivity contribution in [3.05, 3.63) is 6.07 Å². The molecule has 1 aliphatic heterocycles. The number of nitrogens with two attached hydrogens (primary N) is 1. The second-order valence-corrected chi connectivity index (χ2v) is 5.42. The van der Waals surface area contributed by atoms with Gasteiger partial charge in [0.15, 0.2) is 0 Å². The zero-order valence-electron chi connectivity index (χ0n) is 12.0. The van der Waals surface area contributed by atoms with Crippen LogP contribution in [-0.2, 0) is 0 Å². The van der Waals surface area contributed by atoms with Crippen molar-refractivity contribution in [2.45, 2.75) is 13.8 Å². The minimum atomic E-state index is 0.273. The van der Waals surface area contributed by atoms with Gasteiger partial charge < -0.3 is 20.3 Å². The summed E-state index contributed by atoms with van der Waals surface area (Å²) in [5.74, 6) is 2.16. The standard InChI is InChI=1S/C13H23N5O/c1-10(2)9-19-12-8-11(15-13(14)16-12)18-6-4-17(3)5-7-18/h8,10H,4-7,9H2,1-3H3,(H2,14,15,16). The van der Waals surface area contributed by atoms with Gasteiger partial charge in [0.2, 0.25) is 11.8 Å². The van der Waals surface area contributed by atoms with Crippen molar-refractivity contribution in [2.75, 3.05) is 50.5 Å². The maximum atomic E-state index is 5.76. The number of piperazine rings is 1. The molecule has 0 atom stereocenters. The molecular formula is C13H23N5O. The third-order valence-corrected chi connectivity index (χ3v) is 3.10. The highest BCUT2D eigenvalue weighted by molar-refractivity contribution is 5.45. The van der Waals surface area contributed by atoms with Crippen LogP contribution in [0.3, 0.4) is 0 Å². The fourth-order valence-electron chi connectivity index (χ4n) is 1.95. The molecule has 0 spiro atoms. The third kappa shape index (κ3) is 3.96. The summed E-state index contributed by atoms with van der Waals surface area (Å²) in [5.41, 5.74) is 5.76. The Kier molecular flexibility index (Phi) is 4.42. The van der Waals surface area contributed by atoms with Crippen LogP contribution in [0.5, 0.6) is 5.88 Å². The molecule has 0 bridgehead atoms. The smallest absolute Gasteiger partial charge is 0.225 e. The van der Waals surface area contributed by atoms with Crippen LogP contribution >= 0.6 is 0 Å². The lowest BCUT2D eigenvalue weighted by Gasteiger charge is -2.33. The van der Waals surface area contributed by atoms with Gasteiger partial charge >= 0.3 is 0 Å². The van der Waals surface area contributed by atoms with Gasteiger partial charge in [-0.05, 0) is 13.0 Å². The maximum absolute atomic E-state index is 5.76. The Balaban J connectivity index is 2.07. The molecule has 1 aliphatic rings. The van der Waals surface area contributed by atoms with Crippen molar-refractivity contribution >= 4 is 11.8 Å². The molecule has 0 amide bonds. The number of nitrogens with zero attached hydrogens (tertiary/aromatic N) is 4. The fraction of sp³-hybridized carbons (Fsp3) is 0.692. The average Bonchev–Trinajstić information content (AvgIpc) is 2.36. The van der Waals surface area contributed by atoms with Crippen molar-refractivity contribution in [1.29, 1.82) is 0 Å². The molecule has 2 rings (SSSR count). The number of nitrogen functional groups attached to an aromatic ring is 1. The van der Waals surface area contributed by atoms with E-state index in [0.29, 0.717) is 18.4 Å². The molecule has 1 saturated heterocycles. The highest BCUT2D eigenvalue weighted by atomic mass is 16.5. The molecule has 1 aromatic rings. The number of anilines is 2. The normalized spacial score (nSPS) is 16.9. The fourth-order valence-corrected chi connectivity index (χ4v) is 1.95. The Morgan fingerprint density at radius 2 is 1.95 bits per heavy atom. The number of aromatic nitrogens is 2. The van der Waals surface area contributed by atoms with E-state index in [1.807, 2.05) is 6.07 Å². The van der Waals surface area contributed by atoms with Gasteiger partial charge in [-0.25, -0.2) is 0 Å². The first-order valence-corrected chi connectivity index (χ1v) is 6.75. The van der Waals surface area contributed by atoms with E-state index in [4.69, 9.17) is 10.5 Å². The number of ether oxygens (including phenoxy) is 1. The van der Waals surface area contributed by atoms with Crippen molar-refractivity contribution in [1.82, 2.24) is 14.9 Å². The van der Waals surface area contributed by atoms with Gasteiger partial charge in [0.25, 0.3) is 0 Å². The van der Waals surface area contributed by atoms with Crippen LogP contribution in [0.4, 0.5) is 11.8 Å². The van der Waals surface area contributed by atoms with E-state index in [2.05, 4.69) is 40.7 Å². The Hall–Kier alpha value is -1.56. The average molecular weight is 265 g/mol. The Bertz CT molecular complexity index is 415. The first-order chi connectivity index (χ1) is 9.04. The van der Waals surface area contributed by atoms with E-state index in [1.54, 1.807) is 0 Å². The van der Waals surface area contributed by atoms with Gasteiger partial charge in [-0.3, -0.25) is 0 Å². The van der Waals surface area contributed by atoms with Crippen LogP contribution < -0.4 is 15.4 Å². The summed E-state index contributed by atoms with van der Waals surface area (Å²) in [6, 6.07) is 1.88. The Morgan fingerprint density at radius 1 is 1.26 bits per heavy atom. The van der Waals surface area contributed by atoms with Gasteiger partial charge in [0.05, 0.1) is 6.61 Å². The van der Waals surface area contributed by atoms with E-state index < -0.39 is 0 Å². The molecule has 0 aliphatic carbocycles. The highest BCUT2D eigenvalue weighted by Gasteiger charge is 2.17. The molecule has 0 unspecified atom stereocenters. The van der Waals surface area contributed by atoms with Crippen molar-refractivity contribution < 1.29 is 4.74 Å². The van der Waals surface area contributed by atoms with Crippen LogP contribution in [-0.4, -0.2) is 54.7 Å². The number of rotatable bonds is 4. The van der Waals surface area contributed by atoms with Crippen molar-refractivity contribution in [3.8, 4) is 5.88 Å². The predicted octanol–water partition coefficient (Wildman–Crippen LogP) is 0.845. The van der Waals surface area contributed by atoms with E-state index >= 15 is 0 Å². The minimum absolute atomic E-state index is 0.273. The zero-order chi connectivity index (χ0) is 13.8. The van der Waals surface area contributed by atoms with Crippen LogP contribution in [0.1, 0.15) is 13.8 Å². The number of hydrogen-bond acceptors (Lipinski definition) is 6. The second kappa shape index (κ2) is 6.06. The molecule has 0 aromatic carbocycles. The maximum Gasteiger partial charge on any atom is 0.225 e. The first kappa shape index (κ1) is 13.9. The van der Waals surface area contributed by atoms with Gasteiger partial charge in [0.1, 0.15) is 5.82 Å². The van der Waals surface area contributed by atoms with Gasteiger partial charge in [-0.1, -0.05) is 13.8 Å². The molecule has 2 N–H and O–H groups in total. The molecule has 2 heterocycles. The summed E-state index contributed by atoms with van der Waals surface area (Å²) >= 11 is 0. The predicted molar refractivity (Wildman–Crippen MR) is 76.5 cm³/mol. The first-order valence-electron chi connectivity index (χ1n) is 6.75. The largest absolute Gasteiger partial charge is 0.477 e. The quantitative estimate of drug-likeness (QED) is 0.870. The SMILES string of the molecule is CC(C)COc1cc(N2CCN(C)CC2)nc(N)n1. The lowest BCUT2D eigenvalue weighted by atomic mass is 10.2. The molecule has 19 heavy (non-hydrogen) atoms. The summed E-state index contributed by atoms with van der Waals surface area (Å²) in [6.07, 6.45) is 0. The zero-order valence-corrected chi connectivity index (χ0v) is 12.0. The van der Waals surface area contributed by atoms with Crippen LogP contribution in [0.2, 0.25) is 0 Å². The summed E-state index contributed by atoms with van der Waals surface area (Å²) in [7, 11) is 2.13. The molecule has 6 nitrogen and oxygen atoms in total. The van der Waals surface area contributed by atoms with Crippen LogP contribution in [0, 0.1) is 5.92 Å². The molecule has 1 aromatic heterocycles. The van der Waals surface area contributed by atoms with E-state index in [0.717, 1.165) is 32.0 Å². The van der Waals surface area contributed by atoms with Gasteiger partial charge in [-0.2, -0.15) is 9.97 Å². The second-order valence-electron chi connectivity index (χ2n) is 5.42. The van der Waals surface area contributed by atoms with E-state index in [1.165, 1.54) is 0 Å². The summed E-state index contributed by atoms with van der Waals surface area (Å²) in [5, 5.41) is 0. The highest BCUT2D eigenvalue weighted by Crippen LogP contribution is 2.20. The van der Waals surface area contributed by atoms with E-state index in [9.17, 15) is 0 Å². The molecule has 1 fully saturated rings. The van der Waals surface area contributed by atoms with Crippen LogP contribution in [0.25, 0.3) is 0 Å². The minimum Gasteiger partial charge on any atom is -0.477 e. The Morgan fingerprint density at radius 3 is 2.58 bits per heavy atom. The van der Waals surface area contributed by atoms with Crippen LogP contribution in [0.15, 0.2) is 6.07 Å². The molecule has 0 saturated carbocycles. The number of likely N-dealkylation sites (N-methyl/N-ethyl adjacent to an activating group) is 1. The summed E-state index contributed by atoms with van der Waals surface area (Å²) in [6.45, 7) is 8.82. The lowest BCUT2D eigenvalue weighted by Crippen LogP contribution is -2.44. The summed E-state index contributed by atoms with van der Waals surface area (Å²) in [4.78, 5) is 13.0. The molecule has 0 radical (unpaired) electrons. The third-order valence-electron chi connectivity index (χ3n) is 3.10. The van der Waals surface area contributed by atoms with Gasteiger partial charge in [-0.15, -0.1) is 0 Å². The summed E-state index contributed by atoms with van der Waals surface area (Å²) < 4.78 is 5.63. The Labute approximate surface area is 114 Å². The van der Waals surface area contributed by atoms with Crippen molar-refractivity contribution in [2.24, 2.45) is 5.92 Å². The van der Waals surface area contributed by atoms with E-state index in [-0.39, 0.29) is 5.95 Å². The number of hydrogen-bond donors (Lipinski definition) is 1. The molecular weight excluding hydrogens is 242 g/mol. The molecule has 106 valence electrons. The lowest BCUT2D eigenvalue weighted by molar-refractivity contribution is 0.261. The monoisotopic (exact) mass is 265 g/mol. The molecule has 6 heteroatoms.